The van der Waals surface area contributed by atoms with Crippen LogP contribution in [0.25, 0.3) is 11.3 Å². The van der Waals surface area contributed by atoms with Crippen LogP contribution in [0.3, 0.4) is 0 Å². The lowest BCUT2D eigenvalue weighted by atomic mass is 9.92. The first kappa shape index (κ1) is 19.4. The van der Waals surface area contributed by atoms with Gasteiger partial charge in [-0.15, -0.1) is 11.3 Å². The van der Waals surface area contributed by atoms with Gasteiger partial charge in [0.1, 0.15) is 0 Å². The molecule has 0 fully saturated rings. The summed E-state index contributed by atoms with van der Waals surface area (Å²) < 4.78 is 0. The molecule has 0 radical (unpaired) electrons. The van der Waals surface area contributed by atoms with Crippen LogP contribution in [0.5, 0.6) is 0 Å². The lowest BCUT2D eigenvalue weighted by Gasteiger charge is -2.17. The fourth-order valence-corrected chi connectivity index (χ4v) is 3.49. The van der Waals surface area contributed by atoms with Crippen LogP contribution >= 0.6 is 22.9 Å². The van der Waals surface area contributed by atoms with E-state index in [4.69, 9.17) is 11.6 Å². The van der Waals surface area contributed by atoms with Crippen molar-refractivity contribution in [2.75, 3.05) is 10.6 Å². The molecule has 3 rings (SSSR count). The topological polar surface area (TPSA) is 54.0 Å². The minimum Gasteiger partial charge on any atom is -0.331 e. The van der Waals surface area contributed by atoms with E-state index in [1.807, 2.05) is 74.7 Å². The lowest BCUT2D eigenvalue weighted by Crippen LogP contribution is -2.19. The van der Waals surface area contributed by atoms with E-state index < -0.39 is 0 Å². The molecule has 0 aliphatic carbocycles. The molecular formula is C21H22ClN3OS. The smallest absolute Gasteiger partial charge is 0.224 e. The minimum absolute atomic E-state index is 0.0249. The van der Waals surface area contributed by atoms with Crippen LogP contribution in [0.4, 0.5) is 16.5 Å². The number of hydrogen-bond acceptors (Lipinski definition) is 4. The standard InChI is InChI=1S/C21H22ClN3OS/c1-21(2,3)12-19(26)23-16-9-7-14(8-10-16)18-13-27-20(25-18)24-17-6-4-5-15(22)11-17/h4-11,13H,12H2,1-3H3,(H,23,26)(H,24,25). The van der Waals surface area contributed by atoms with Crippen LogP contribution in [0.1, 0.15) is 27.2 Å². The summed E-state index contributed by atoms with van der Waals surface area (Å²) in [7, 11) is 0. The van der Waals surface area contributed by atoms with Crippen molar-refractivity contribution < 1.29 is 4.79 Å². The Labute approximate surface area is 168 Å². The van der Waals surface area contributed by atoms with Gasteiger partial charge in [0.2, 0.25) is 5.91 Å². The Hall–Kier alpha value is -2.37. The van der Waals surface area contributed by atoms with Gasteiger partial charge in [0, 0.05) is 33.8 Å². The second-order valence-corrected chi connectivity index (χ2v) is 8.83. The average molecular weight is 400 g/mol. The second kappa shape index (κ2) is 8.11. The summed E-state index contributed by atoms with van der Waals surface area (Å²) in [5.74, 6) is 0.0249. The van der Waals surface area contributed by atoms with Crippen LogP contribution in [-0.4, -0.2) is 10.9 Å². The summed E-state index contributed by atoms with van der Waals surface area (Å²) in [5.41, 5.74) is 3.55. The number of rotatable bonds is 5. The predicted molar refractivity (Wildman–Crippen MR) is 115 cm³/mol. The SMILES string of the molecule is CC(C)(C)CC(=O)Nc1ccc(-c2csc(Nc3cccc(Cl)c3)n2)cc1. The fourth-order valence-electron chi connectivity index (χ4n) is 2.56. The molecule has 6 heteroatoms. The summed E-state index contributed by atoms with van der Waals surface area (Å²) in [6.07, 6.45) is 0.485. The predicted octanol–water partition coefficient (Wildman–Crippen LogP) is 6.58. The van der Waals surface area contributed by atoms with Crippen LogP contribution < -0.4 is 10.6 Å². The number of carbonyl (C=O) groups excluding carboxylic acids is 1. The Morgan fingerprint density at radius 3 is 2.52 bits per heavy atom. The van der Waals surface area contributed by atoms with Gasteiger partial charge in [-0.2, -0.15) is 0 Å². The van der Waals surface area contributed by atoms with Gasteiger partial charge in [-0.25, -0.2) is 4.98 Å². The number of anilines is 3. The largest absolute Gasteiger partial charge is 0.331 e. The average Bonchev–Trinajstić information content (AvgIpc) is 3.02. The van der Waals surface area contributed by atoms with Gasteiger partial charge in [0.25, 0.3) is 0 Å². The lowest BCUT2D eigenvalue weighted by molar-refractivity contribution is -0.117. The molecule has 1 amide bonds. The summed E-state index contributed by atoms with van der Waals surface area (Å²) in [5, 5.41) is 9.68. The number of benzene rings is 2. The molecule has 3 aromatic rings. The molecule has 0 atom stereocenters. The molecule has 0 spiro atoms. The maximum atomic E-state index is 12.0. The third kappa shape index (κ3) is 5.81. The van der Waals surface area contributed by atoms with E-state index in [-0.39, 0.29) is 11.3 Å². The number of carbonyl (C=O) groups is 1. The van der Waals surface area contributed by atoms with E-state index in [2.05, 4.69) is 15.6 Å². The number of aromatic nitrogens is 1. The fraction of sp³-hybridized carbons (Fsp3) is 0.238. The zero-order valence-corrected chi connectivity index (χ0v) is 17.1. The molecule has 2 aromatic carbocycles. The third-order valence-corrected chi connectivity index (χ3v) is 4.73. The van der Waals surface area contributed by atoms with Crippen molar-refractivity contribution in [2.24, 2.45) is 5.41 Å². The summed E-state index contributed by atoms with van der Waals surface area (Å²) >= 11 is 7.54. The minimum atomic E-state index is -0.0308. The molecule has 4 nitrogen and oxygen atoms in total. The summed E-state index contributed by atoms with van der Waals surface area (Å²) in [6.45, 7) is 6.15. The maximum Gasteiger partial charge on any atom is 0.224 e. The monoisotopic (exact) mass is 399 g/mol. The molecule has 1 heterocycles. The van der Waals surface area contributed by atoms with Gasteiger partial charge in [-0.3, -0.25) is 4.79 Å². The van der Waals surface area contributed by atoms with Crippen LogP contribution in [-0.2, 0) is 4.79 Å². The molecule has 27 heavy (non-hydrogen) atoms. The van der Waals surface area contributed by atoms with E-state index in [0.717, 1.165) is 27.8 Å². The van der Waals surface area contributed by atoms with Gasteiger partial charge in [-0.05, 0) is 35.7 Å². The number of halogens is 1. The number of hydrogen-bond donors (Lipinski definition) is 2. The maximum absolute atomic E-state index is 12.0. The molecular weight excluding hydrogens is 378 g/mol. The normalized spacial score (nSPS) is 11.3. The van der Waals surface area contributed by atoms with Gasteiger partial charge < -0.3 is 10.6 Å². The van der Waals surface area contributed by atoms with E-state index in [9.17, 15) is 4.79 Å². The first-order valence-electron chi connectivity index (χ1n) is 8.67. The molecule has 140 valence electrons. The molecule has 0 aliphatic rings. The van der Waals surface area contributed by atoms with E-state index in [1.54, 1.807) is 0 Å². The van der Waals surface area contributed by atoms with Gasteiger partial charge in [0.15, 0.2) is 5.13 Å². The quantitative estimate of drug-likeness (QED) is 0.509. The number of nitrogens with one attached hydrogen (secondary N) is 2. The van der Waals surface area contributed by atoms with Crippen molar-refractivity contribution in [2.45, 2.75) is 27.2 Å². The highest BCUT2D eigenvalue weighted by Gasteiger charge is 2.16. The highest BCUT2D eigenvalue weighted by atomic mass is 35.5. The van der Waals surface area contributed by atoms with Gasteiger partial charge >= 0.3 is 0 Å². The van der Waals surface area contributed by atoms with Crippen molar-refractivity contribution in [1.29, 1.82) is 0 Å². The van der Waals surface area contributed by atoms with E-state index >= 15 is 0 Å². The molecule has 0 unspecified atom stereocenters. The number of amides is 1. The second-order valence-electron chi connectivity index (χ2n) is 7.54. The van der Waals surface area contributed by atoms with E-state index in [0.29, 0.717) is 11.4 Å². The summed E-state index contributed by atoms with van der Waals surface area (Å²) in [6, 6.07) is 15.3. The van der Waals surface area contributed by atoms with Crippen molar-refractivity contribution in [3.05, 3.63) is 58.9 Å². The van der Waals surface area contributed by atoms with Crippen molar-refractivity contribution >= 4 is 45.4 Å². The third-order valence-electron chi connectivity index (χ3n) is 3.74. The Morgan fingerprint density at radius 2 is 1.85 bits per heavy atom. The van der Waals surface area contributed by atoms with Crippen molar-refractivity contribution in [1.82, 2.24) is 4.98 Å². The molecule has 0 saturated carbocycles. The first-order chi connectivity index (χ1) is 12.8. The van der Waals surface area contributed by atoms with E-state index in [1.165, 1.54) is 11.3 Å². The molecule has 0 saturated heterocycles. The molecule has 1 aromatic heterocycles. The number of nitrogens with zero attached hydrogens (tertiary/aromatic N) is 1. The van der Waals surface area contributed by atoms with Crippen LogP contribution in [0, 0.1) is 5.41 Å². The zero-order chi connectivity index (χ0) is 19.4. The first-order valence-corrected chi connectivity index (χ1v) is 9.93. The molecule has 0 bridgehead atoms. The Balaban J connectivity index is 1.65. The van der Waals surface area contributed by atoms with Gasteiger partial charge in [-0.1, -0.05) is 50.6 Å². The summed E-state index contributed by atoms with van der Waals surface area (Å²) in [4.78, 5) is 16.7. The van der Waals surface area contributed by atoms with Crippen molar-refractivity contribution in [3.8, 4) is 11.3 Å². The van der Waals surface area contributed by atoms with Crippen LogP contribution in [0.2, 0.25) is 5.02 Å². The van der Waals surface area contributed by atoms with Crippen molar-refractivity contribution in [3.63, 3.8) is 0 Å². The highest BCUT2D eigenvalue weighted by Crippen LogP contribution is 2.29. The Kier molecular flexibility index (Phi) is 5.82. The highest BCUT2D eigenvalue weighted by molar-refractivity contribution is 7.14. The Morgan fingerprint density at radius 1 is 1.11 bits per heavy atom. The zero-order valence-electron chi connectivity index (χ0n) is 15.5. The molecule has 2 N–H and O–H groups in total. The Bertz CT molecular complexity index is 929. The van der Waals surface area contributed by atoms with Gasteiger partial charge in [0.05, 0.1) is 5.69 Å². The molecule has 0 aliphatic heterocycles. The van der Waals surface area contributed by atoms with Crippen LogP contribution in [0.15, 0.2) is 53.9 Å². The number of thiazole rings is 1.